The van der Waals surface area contributed by atoms with Crippen LogP contribution in [0.4, 0.5) is 5.82 Å². The van der Waals surface area contributed by atoms with Crippen molar-refractivity contribution in [2.75, 3.05) is 5.73 Å². The number of hydrogen-bond donors (Lipinski definition) is 2. The Morgan fingerprint density at radius 3 is 2.95 bits per heavy atom. The minimum Gasteiger partial charge on any atom is -0.381 e. The number of nitrogens with zero attached hydrogens (tertiary/aromatic N) is 3. The zero-order valence-corrected chi connectivity index (χ0v) is 12.7. The molecule has 0 saturated heterocycles. The highest BCUT2D eigenvalue weighted by atomic mass is 32.2. The van der Waals surface area contributed by atoms with E-state index in [-0.39, 0.29) is 10.8 Å². The molecule has 0 aromatic carbocycles. The third-order valence-corrected chi connectivity index (χ3v) is 5.30. The summed E-state index contributed by atoms with van der Waals surface area (Å²) in [5.74, 6) is -0.0115. The van der Waals surface area contributed by atoms with Gasteiger partial charge in [0.05, 0.1) is 11.7 Å². The number of nitrogens with two attached hydrogens (primary N) is 1. The summed E-state index contributed by atoms with van der Waals surface area (Å²) in [6.45, 7) is 1.72. The normalized spacial score (nSPS) is 13.6. The van der Waals surface area contributed by atoms with E-state index in [9.17, 15) is 8.42 Å². The van der Waals surface area contributed by atoms with E-state index in [4.69, 9.17) is 5.73 Å². The molecule has 3 N–H and O–H groups in total. The second kappa shape index (κ2) is 5.10. The molecule has 1 atom stereocenters. The Hall–Kier alpha value is -1.97. The third kappa shape index (κ3) is 2.50. The molecule has 0 aliphatic carbocycles. The Balaban J connectivity index is 1.98. The van der Waals surface area contributed by atoms with Crippen molar-refractivity contribution in [2.45, 2.75) is 18.0 Å². The fraction of sp³-hybridized carbons (Fsp3) is 0.167. The molecule has 3 rings (SSSR count). The second-order valence-electron chi connectivity index (χ2n) is 4.46. The zero-order chi connectivity index (χ0) is 15.0. The van der Waals surface area contributed by atoms with Gasteiger partial charge in [-0.25, -0.2) is 18.1 Å². The number of nitrogens with one attached hydrogen (secondary N) is 1. The number of pyridine rings is 1. The van der Waals surface area contributed by atoms with Crippen LogP contribution in [-0.4, -0.2) is 22.8 Å². The predicted molar refractivity (Wildman–Crippen MR) is 80.5 cm³/mol. The van der Waals surface area contributed by atoms with Crippen molar-refractivity contribution in [2.24, 2.45) is 0 Å². The lowest BCUT2D eigenvalue weighted by Gasteiger charge is -2.13. The first kappa shape index (κ1) is 14.0. The standard InChI is InChI=1S/C12H13N5O2S2/c1-8(9-4-2-3-5-14-9)16-21(18,19)11-10(13)15-12-17(11)6-7-20-12/h2-8,16H,13H2,1H3. The number of aromatic nitrogens is 3. The van der Waals surface area contributed by atoms with Gasteiger partial charge in [0.1, 0.15) is 0 Å². The van der Waals surface area contributed by atoms with Crippen LogP contribution >= 0.6 is 11.3 Å². The van der Waals surface area contributed by atoms with E-state index in [1.54, 1.807) is 42.9 Å². The number of thiazole rings is 1. The first-order valence-corrected chi connectivity index (χ1v) is 8.49. The van der Waals surface area contributed by atoms with Gasteiger partial charge in [0, 0.05) is 17.8 Å². The molecule has 0 saturated carbocycles. The van der Waals surface area contributed by atoms with Gasteiger partial charge in [0.2, 0.25) is 0 Å². The molecular weight excluding hydrogens is 310 g/mol. The highest BCUT2D eigenvalue weighted by Crippen LogP contribution is 2.24. The lowest BCUT2D eigenvalue weighted by Crippen LogP contribution is -2.28. The summed E-state index contributed by atoms with van der Waals surface area (Å²) in [7, 11) is -3.80. The van der Waals surface area contributed by atoms with Crippen LogP contribution in [0.5, 0.6) is 0 Å². The molecule has 0 bridgehead atoms. The first-order chi connectivity index (χ1) is 9.99. The zero-order valence-electron chi connectivity index (χ0n) is 11.1. The van der Waals surface area contributed by atoms with E-state index in [0.29, 0.717) is 10.7 Å². The van der Waals surface area contributed by atoms with Crippen LogP contribution in [0.2, 0.25) is 0 Å². The van der Waals surface area contributed by atoms with E-state index in [0.717, 1.165) is 0 Å². The quantitative estimate of drug-likeness (QED) is 0.756. The number of nitrogen functional groups attached to an aromatic ring is 1. The summed E-state index contributed by atoms with van der Waals surface area (Å²) >= 11 is 1.32. The summed E-state index contributed by atoms with van der Waals surface area (Å²) in [5.41, 5.74) is 6.37. The summed E-state index contributed by atoms with van der Waals surface area (Å²) < 4.78 is 29.1. The second-order valence-corrected chi connectivity index (χ2v) is 6.96. The van der Waals surface area contributed by atoms with Crippen LogP contribution < -0.4 is 10.5 Å². The average molecular weight is 323 g/mol. The summed E-state index contributed by atoms with van der Waals surface area (Å²) in [5, 5.41) is 1.71. The predicted octanol–water partition coefficient (Wildman–Crippen LogP) is 1.41. The van der Waals surface area contributed by atoms with E-state index >= 15 is 0 Å². The number of anilines is 1. The largest absolute Gasteiger partial charge is 0.381 e. The molecule has 0 aliphatic heterocycles. The SMILES string of the molecule is CC(NS(=O)(=O)c1c(N)nc2sccn12)c1ccccn1. The van der Waals surface area contributed by atoms with Crippen molar-refractivity contribution in [3.8, 4) is 0 Å². The Kier molecular flexibility index (Phi) is 3.40. The Morgan fingerprint density at radius 1 is 1.43 bits per heavy atom. The number of imidazole rings is 1. The van der Waals surface area contributed by atoms with Gasteiger partial charge in [-0.1, -0.05) is 6.07 Å². The number of rotatable bonds is 4. The Labute approximate surface area is 125 Å². The van der Waals surface area contributed by atoms with Crippen molar-refractivity contribution in [1.82, 2.24) is 19.1 Å². The molecule has 3 heterocycles. The van der Waals surface area contributed by atoms with Gasteiger partial charge in [-0.05, 0) is 19.1 Å². The van der Waals surface area contributed by atoms with E-state index in [2.05, 4.69) is 14.7 Å². The molecule has 21 heavy (non-hydrogen) atoms. The molecule has 0 spiro atoms. The molecule has 0 radical (unpaired) electrons. The van der Waals surface area contributed by atoms with Crippen molar-refractivity contribution in [3.63, 3.8) is 0 Å². The van der Waals surface area contributed by atoms with Crippen LogP contribution in [0, 0.1) is 0 Å². The molecule has 3 aromatic rings. The lowest BCUT2D eigenvalue weighted by molar-refractivity contribution is 0.560. The first-order valence-electron chi connectivity index (χ1n) is 6.13. The maximum Gasteiger partial charge on any atom is 0.261 e. The van der Waals surface area contributed by atoms with Gasteiger partial charge in [-0.3, -0.25) is 9.38 Å². The molecule has 110 valence electrons. The third-order valence-electron chi connectivity index (χ3n) is 2.96. The molecule has 0 aliphatic rings. The number of hydrogen-bond acceptors (Lipinski definition) is 6. The Bertz CT molecular complexity index is 870. The van der Waals surface area contributed by atoms with Gasteiger partial charge in [0.15, 0.2) is 15.8 Å². The van der Waals surface area contributed by atoms with E-state index in [1.807, 2.05) is 0 Å². The smallest absolute Gasteiger partial charge is 0.261 e. The fourth-order valence-electron chi connectivity index (χ4n) is 2.03. The monoisotopic (exact) mass is 323 g/mol. The minimum atomic E-state index is -3.80. The van der Waals surface area contributed by atoms with E-state index < -0.39 is 16.1 Å². The average Bonchev–Trinajstić information content (AvgIpc) is 2.98. The fourth-order valence-corrected chi connectivity index (χ4v) is 4.23. The van der Waals surface area contributed by atoms with Crippen LogP contribution in [0.3, 0.4) is 0 Å². The maximum atomic E-state index is 12.5. The molecule has 0 fully saturated rings. The van der Waals surface area contributed by atoms with Crippen molar-refractivity contribution in [3.05, 3.63) is 41.7 Å². The van der Waals surface area contributed by atoms with Gasteiger partial charge in [-0.15, -0.1) is 11.3 Å². The summed E-state index contributed by atoms with van der Waals surface area (Å²) in [6, 6.07) is 4.86. The molecule has 3 aromatic heterocycles. The van der Waals surface area contributed by atoms with Crippen LogP contribution in [-0.2, 0) is 10.0 Å². The van der Waals surface area contributed by atoms with Crippen LogP contribution in [0.15, 0.2) is 41.0 Å². The summed E-state index contributed by atoms with van der Waals surface area (Å²) in [6.07, 6.45) is 3.24. The van der Waals surface area contributed by atoms with Gasteiger partial charge >= 0.3 is 0 Å². The highest BCUT2D eigenvalue weighted by Gasteiger charge is 2.26. The summed E-state index contributed by atoms with van der Waals surface area (Å²) in [4.78, 5) is 8.72. The molecule has 0 amide bonds. The topological polar surface area (TPSA) is 102 Å². The molecule has 9 heteroatoms. The van der Waals surface area contributed by atoms with Crippen LogP contribution in [0.25, 0.3) is 4.96 Å². The lowest BCUT2D eigenvalue weighted by atomic mass is 10.2. The van der Waals surface area contributed by atoms with Crippen LogP contribution in [0.1, 0.15) is 18.7 Å². The minimum absolute atomic E-state index is 0.0115. The van der Waals surface area contributed by atoms with E-state index in [1.165, 1.54) is 15.7 Å². The van der Waals surface area contributed by atoms with Gasteiger partial charge in [0.25, 0.3) is 10.0 Å². The maximum absolute atomic E-state index is 12.5. The molecular formula is C12H13N5O2S2. The highest BCUT2D eigenvalue weighted by molar-refractivity contribution is 7.89. The van der Waals surface area contributed by atoms with Crippen molar-refractivity contribution >= 4 is 32.1 Å². The van der Waals surface area contributed by atoms with Crippen molar-refractivity contribution < 1.29 is 8.42 Å². The Morgan fingerprint density at radius 2 is 2.24 bits per heavy atom. The number of fused-ring (bicyclic) bond motifs is 1. The van der Waals surface area contributed by atoms with Crippen molar-refractivity contribution in [1.29, 1.82) is 0 Å². The van der Waals surface area contributed by atoms with Gasteiger partial charge in [-0.2, -0.15) is 0 Å². The molecule has 1 unspecified atom stereocenters. The molecule has 7 nitrogen and oxygen atoms in total. The van der Waals surface area contributed by atoms with Gasteiger partial charge < -0.3 is 5.73 Å². The number of sulfonamides is 1.